The number of ketones is 1. The molecular weight excluding hydrogens is 465 g/mol. The van der Waals surface area contributed by atoms with Crippen molar-refractivity contribution in [1.29, 1.82) is 0 Å². The van der Waals surface area contributed by atoms with Crippen LogP contribution in [0.5, 0.6) is 0 Å². The summed E-state index contributed by atoms with van der Waals surface area (Å²) in [6.45, 7) is 6.18. The van der Waals surface area contributed by atoms with Gasteiger partial charge in [0.25, 0.3) is 5.96 Å². The fourth-order valence-electron chi connectivity index (χ4n) is 4.07. The van der Waals surface area contributed by atoms with Crippen LogP contribution in [0.15, 0.2) is 4.99 Å². The van der Waals surface area contributed by atoms with Gasteiger partial charge in [-0.2, -0.15) is 0 Å². The van der Waals surface area contributed by atoms with Crippen molar-refractivity contribution < 1.29 is 24.7 Å². The molecule has 0 bridgehead atoms. The van der Waals surface area contributed by atoms with Gasteiger partial charge in [-0.05, 0) is 31.6 Å². The number of amides is 1. The summed E-state index contributed by atoms with van der Waals surface area (Å²) in [5.41, 5.74) is 7.16. The maximum Gasteiger partial charge on any atom is 0.475 e. The van der Waals surface area contributed by atoms with E-state index in [2.05, 4.69) is 17.2 Å². The summed E-state index contributed by atoms with van der Waals surface area (Å²) >= 11 is 0. The summed E-state index contributed by atoms with van der Waals surface area (Å²) in [4.78, 5) is 39.8. The molecule has 0 saturated heterocycles. The van der Waals surface area contributed by atoms with Gasteiger partial charge >= 0.3 is 7.12 Å². The van der Waals surface area contributed by atoms with Crippen LogP contribution < -0.4 is 16.5 Å². The topological polar surface area (TPSA) is 180 Å². The number of guanidine groups is 1. The maximum absolute atomic E-state index is 12.9. The Balaban J connectivity index is 4.75. The lowest BCUT2D eigenvalue weighted by molar-refractivity contribution is -0.525. The number of Topliss-reactive ketones (excluding diaryl/α,β-unsaturated/α-hetero) is 1. The molecule has 0 heterocycles. The third-order valence-electron chi connectivity index (χ3n) is 6.02. The van der Waals surface area contributed by atoms with Crippen LogP contribution in [0.2, 0.25) is 0 Å². The van der Waals surface area contributed by atoms with E-state index in [1.807, 2.05) is 13.8 Å². The standard InChI is InChI=1S/C24H48BN5O6/c1-4-5-6-7-8-9-10-11-12-15-21(31)18-20(14-13-16-27-24(26)29-30(35)36)23(32)28-22(25(33)34)17-19(2)3/h19-20,22,33-34H,4-18H2,1-3H3,(H,28,32)(H3,26,27,29)/t20-,22+/m1/s1. The minimum absolute atomic E-state index is 0.00101. The Kier molecular flexibility index (Phi) is 19.7. The number of nitro groups is 1. The van der Waals surface area contributed by atoms with Crippen molar-refractivity contribution in [2.75, 3.05) is 6.54 Å². The number of carbonyl (C=O) groups excluding carboxylic acids is 2. The molecule has 0 aromatic carbocycles. The molecule has 0 radical (unpaired) electrons. The fraction of sp³-hybridized carbons (Fsp3) is 0.875. The van der Waals surface area contributed by atoms with E-state index in [-0.39, 0.29) is 30.6 Å². The Hall–Kier alpha value is -2.21. The van der Waals surface area contributed by atoms with Crippen molar-refractivity contribution in [2.24, 2.45) is 22.6 Å². The molecular formula is C24H48BN5O6. The van der Waals surface area contributed by atoms with E-state index in [0.717, 1.165) is 19.3 Å². The predicted octanol–water partition coefficient (Wildman–Crippen LogP) is 2.90. The summed E-state index contributed by atoms with van der Waals surface area (Å²) in [7, 11) is -1.70. The third kappa shape index (κ3) is 19.0. The summed E-state index contributed by atoms with van der Waals surface area (Å²) in [6, 6.07) is 0. The zero-order chi connectivity index (χ0) is 27.3. The first-order valence-corrected chi connectivity index (χ1v) is 13.5. The monoisotopic (exact) mass is 513 g/mol. The number of hydrazine groups is 1. The second-order valence-corrected chi connectivity index (χ2v) is 9.95. The zero-order valence-corrected chi connectivity index (χ0v) is 22.4. The van der Waals surface area contributed by atoms with Crippen molar-refractivity contribution in [3.63, 3.8) is 0 Å². The number of carbonyl (C=O) groups is 2. The lowest BCUT2D eigenvalue weighted by Crippen LogP contribution is -2.49. The highest BCUT2D eigenvalue weighted by Gasteiger charge is 2.29. The normalized spacial score (nSPS) is 13.3. The van der Waals surface area contributed by atoms with Crippen LogP contribution in [0.25, 0.3) is 0 Å². The van der Waals surface area contributed by atoms with Gasteiger partial charge in [0.2, 0.25) is 5.91 Å². The summed E-state index contributed by atoms with van der Waals surface area (Å²) in [6.07, 6.45) is 11.9. The molecule has 0 fully saturated rings. The molecule has 11 nitrogen and oxygen atoms in total. The smallest absolute Gasteiger partial charge is 0.426 e. The van der Waals surface area contributed by atoms with Gasteiger partial charge in [0.05, 0.1) is 5.94 Å². The molecule has 0 aromatic rings. The maximum atomic E-state index is 12.9. The molecule has 6 N–H and O–H groups in total. The van der Waals surface area contributed by atoms with Crippen LogP contribution in [0, 0.1) is 22.0 Å². The number of nitrogens with zero attached hydrogens (tertiary/aromatic N) is 2. The van der Waals surface area contributed by atoms with Gasteiger partial charge in [-0.3, -0.25) is 9.59 Å². The summed E-state index contributed by atoms with van der Waals surface area (Å²) in [5.74, 6) is -2.08. The van der Waals surface area contributed by atoms with E-state index in [9.17, 15) is 29.8 Å². The van der Waals surface area contributed by atoms with E-state index in [4.69, 9.17) is 5.73 Å². The number of hydrogen-bond acceptors (Lipinski definition) is 7. The zero-order valence-electron chi connectivity index (χ0n) is 22.4. The molecule has 0 spiro atoms. The molecule has 0 rings (SSSR count). The molecule has 1 amide bonds. The molecule has 0 aliphatic carbocycles. The number of nitrogens with two attached hydrogens (primary N) is 1. The molecule has 36 heavy (non-hydrogen) atoms. The second-order valence-electron chi connectivity index (χ2n) is 9.95. The number of unbranched alkanes of at least 4 members (excludes halogenated alkanes) is 8. The van der Waals surface area contributed by atoms with Gasteiger partial charge in [-0.15, -0.1) is 0 Å². The molecule has 0 aliphatic heterocycles. The first kappa shape index (κ1) is 33.8. The number of aliphatic imine (C=N–C) groups is 1. The molecule has 12 heteroatoms. The van der Waals surface area contributed by atoms with Gasteiger partial charge in [-0.25, -0.2) is 15.1 Å². The molecule has 208 valence electrons. The average Bonchev–Trinajstić information content (AvgIpc) is 2.78. The van der Waals surface area contributed by atoms with Crippen molar-refractivity contribution in [3.05, 3.63) is 10.1 Å². The first-order chi connectivity index (χ1) is 17.1. The van der Waals surface area contributed by atoms with E-state index < -0.39 is 29.9 Å². The van der Waals surface area contributed by atoms with Crippen molar-refractivity contribution >= 4 is 24.8 Å². The van der Waals surface area contributed by atoms with Crippen LogP contribution in [-0.4, -0.2) is 52.3 Å². The van der Waals surface area contributed by atoms with Crippen LogP contribution in [0.4, 0.5) is 0 Å². The SMILES string of the molecule is CCCCCCCCCCCC(=O)C[C@@H](CCCN=C(N)N[N+](=O)[O-])C(=O)N[C@@H](CC(C)C)B(O)O. The van der Waals surface area contributed by atoms with Gasteiger partial charge in [0.15, 0.2) is 5.03 Å². The Morgan fingerprint density at radius 2 is 1.61 bits per heavy atom. The largest absolute Gasteiger partial charge is 0.475 e. The van der Waals surface area contributed by atoms with Gasteiger partial charge in [-0.1, -0.05) is 77.6 Å². The van der Waals surface area contributed by atoms with Crippen LogP contribution in [0.1, 0.15) is 111 Å². The third-order valence-corrected chi connectivity index (χ3v) is 6.02. The van der Waals surface area contributed by atoms with E-state index in [0.29, 0.717) is 25.7 Å². The Morgan fingerprint density at radius 3 is 2.14 bits per heavy atom. The summed E-state index contributed by atoms with van der Waals surface area (Å²) in [5, 5.41) is 31.6. The lowest BCUT2D eigenvalue weighted by Gasteiger charge is -2.23. The van der Waals surface area contributed by atoms with Crippen LogP contribution >= 0.6 is 0 Å². The van der Waals surface area contributed by atoms with Gasteiger partial charge < -0.3 is 21.1 Å². The molecule has 0 aromatic heterocycles. The number of hydrogen-bond donors (Lipinski definition) is 5. The highest BCUT2D eigenvalue weighted by atomic mass is 16.7. The van der Waals surface area contributed by atoms with Crippen LogP contribution in [0.3, 0.4) is 0 Å². The van der Waals surface area contributed by atoms with Crippen molar-refractivity contribution in [1.82, 2.24) is 10.7 Å². The van der Waals surface area contributed by atoms with Gasteiger partial charge in [0.1, 0.15) is 5.78 Å². The second kappa shape index (κ2) is 20.9. The lowest BCUT2D eigenvalue weighted by atomic mass is 9.74. The average molecular weight is 513 g/mol. The molecule has 2 atom stereocenters. The highest BCUT2D eigenvalue weighted by molar-refractivity contribution is 6.43. The van der Waals surface area contributed by atoms with Crippen molar-refractivity contribution in [2.45, 2.75) is 117 Å². The molecule has 0 aliphatic rings. The van der Waals surface area contributed by atoms with E-state index in [1.54, 1.807) is 5.43 Å². The predicted molar refractivity (Wildman–Crippen MR) is 142 cm³/mol. The Morgan fingerprint density at radius 1 is 1.03 bits per heavy atom. The Bertz CT molecular complexity index is 663. The Labute approximate surface area is 216 Å². The number of rotatable bonds is 22. The molecule has 0 saturated carbocycles. The quantitative estimate of drug-likeness (QED) is 0.0366. The van der Waals surface area contributed by atoms with Crippen LogP contribution in [-0.2, 0) is 9.59 Å². The number of nitrogens with one attached hydrogen (secondary N) is 2. The fourth-order valence-corrected chi connectivity index (χ4v) is 4.07. The highest BCUT2D eigenvalue weighted by Crippen LogP contribution is 2.17. The van der Waals surface area contributed by atoms with Gasteiger partial charge in [0, 0.05) is 25.3 Å². The molecule has 0 unspecified atom stereocenters. The van der Waals surface area contributed by atoms with Crippen molar-refractivity contribution in [3.8, 4) is 0 Å². The first-order valence-electron chi connectivity index (χ1n) is 13.5. The minimum atomic E-state index is -1.70. The summed E-state index contributed by atoms with van der Waals surface area (Å²) < 4.78 is 0. The minimum Gasteiger partial charge on any atom is -0.426 e. The van der Waals surface area contributed by atoms with E-state index >= 15 is 0 Å². The van der Waals surface area contributed by atoms with E-state index in [1.165, 1.54) is 38.5 Å².